The van der Waals surface area contributed by atoms with Gasteiger partial charge in [-0.2, -0.15) is 18.3 Å². The predicted octanol–water partition coefficient (Wildman–Crippen LogP) is 4.98. The van der Waals surface area contributed by atoms with Crippen LogP contribution in [0.3, 0.4) is 0 Å². The average molecular weight is 466 g/mol. The Morgan fingerprint density at radius 1 is 1.09 bits per heavy atom. The maximum absolute atomic E-state index is 13.8. The molecule has 1 aliphatic carbocycles. The summed E-state index contributed by atoms with van der Waals surface area (Å²) in [7, 11) is 1.67. The largest absolute Gasteiger partial charge is 0.476 e. The molecule has 3 atom stereocenters. The summed E-state index contributed by atoms with van der Waals surface area (Å²) in [6.45, 7) is 12.1. The molecule has 0 amide bonds. The quantitative estimate of drug-likeness (QED) is 0.603. The minimum absolute atomic E-state index is 0.137. The van der Waals surface area contributed by atoms with E-state index in [1.807, 2.05) is 0 Å². The van der Waals surface area contributed by atoms with Crippen molar-refractivity contribution in [2.75, 3.05) is 26.2 Å². The Balaban J connectivity index is 1.38. The zero-order valence-electron chi connectivity index (χ0n) is 20.1. The van der Waals surface area contributed by atoms with Crippen molar-refractivity contribution in [1.82, 2.24) is 24.9 Å². The van der Waals surface area contributed by atoms with Crippen molar-refractivity contribution in [3.63, 3.8) is 0 Å². The zero-order chi connectivity index (χ0) is 24.0. The minimum Gasteiger partial charge on any atom is -0.476 e. The van der Waals surface area contributed by atoms with Crippen molar-refractivity contribution in [2.24, 2.45) is 30.2 Å². The van der Waals surface area contributed by atoms with E-state index in [2.05, 4.69) is 41.0 Å². The van der Waals surface area contributed by atoms with Crippen molar-refractivity contribution in [2.45, 2.75) is 53.1 Å². The standard InChI is InChI=1S/C24H34F3N5O/c1-15-11-28-31(5)21(15)20-10-19(24(25,26)27)22(30-29-20)33-14-16-8-17-12-32(13-18(17)9-16)7-6-23(2,3)4/h10-11,16-18H,6-9,12-14H2,1-5H3/t16-,17-,18+. The van der Waals surface area contributed by atoms with E-state index in [1.165, 1.54) is 11.1 Å². The highest BCUT2D eigenvalue weighted by molar-refractivity contribution is 5.59. The third-order valence-corrected chi connectivity index (χ3v) is 6.99. The van der Waals surface area contributed by atoms with Gasteiger partial charge in [0.2, 0.25) is 5.88 Å². The second-order valence-electron chi connectivity index (χ2n) is 11.0. The molecular formula is C24H34F3N5O. The maximum atomic E-state index is 13.8. The van der Waals surface area contributed by atoms with Crippen LogP contribution < -0.4 is 4.74 Å². The van der Waals surface area contributed by atoms with Gasteiger partial charge in [0.1, 0.15) is 11.3 Å². The first kappa shape index (κ1) is 24.0. The van der Waals surface area contributed by atoms with Gasteiger partial charge < -0.3 is 9.64 Å². The molecule has 0 N–H and O–H groups in total. The molecule has 1 saturated carbocycles. The number of fused-ring (bicyclic) bond motifs is 1. The molecule has 4 rings (SSSR count). The molecule has 0 radical (unpaired) electrons. The Labute approximate surface area is 193 Å². The lowest BCUT2D eigenvalue weighted by atomic mass is 9.92. The van der Waals surface area contributed by atoms with Gasteiger partial charge in [0.05, 0.1) is 18.5 Å². The number of halogens is 3. The topological polar surface area (TPSA) is 56.1 Å². The Morgan fingerprint density at radius 2 is 1.76 bits per heavy atom. The summed E-state index contributed by atoms with van der Waals surface area (Å²) in [6.07, 6.45) is 0.184. The van der Waals surface area contributed by atoms with Gasteiger partial charge in [0.25, 0.3) is 0 Å². The molecule has 2 aromatic rings. The number of hydrogen-bond acceptors (Lipinski definition) is 5. The van der Waals surface area contributed by atoms with Crippen LogP contribution in [0.1, 0.15) is 51.2 Å². The van der Waals surface area contributed by atoms with Crippen LogP contribution in [-0.4, -0.2) is 51.1 Å². The molecule has 0 unspecified atom stereocenters. The SMILES string of the molecule is Cc1cnn(C)c1-c1cc(C(F)(F)F)c(OC[C@@H]2C[C@@H]3CN(CCC(C)(C)C)C[C@@H]3C2)nn1. The van der Waals surface area contributed by atoms with Gasteiger partial charge in [0, 0.05) is 20.1 Å². The van der Waals surface area contributed by atoms with Gasteiger partial charge >= 0.3 is 6.18 Å². The van der Waals surface area contributed by atoms with Gasteiger partial charge in [-0.15, -0.1) is 10.2 Å². The number of aryl methyl sites for hydroxylation is 2. The number of likely N-dealkylation sites (tertiary alicyclic amines) is 1. The summed E-state index contributed by atoms with van der Waals surface area (Å²) in [6, 6.07) is 1.02. The van der Waals surface area contributed by atoms with E-state index in [0.29, 0.717) is 22.9 Å². The highest BCUT2D eigenvalue weighted by Gasteiger charge is 2.42. The van der Waals surface area contributed by atoms with Gasteiger partial charge in [-0.1, -0.05) is 20.8 Å². The fourth-order valence-corrected chi connectivity index (χ4v) is 5.25. The second kappa shape index (κ2) is 8.89. The number of alkyl halides is 3. The lowest BCUT2D eigenvalue weighted by molar-refractivity contribution is -0.139. The van der Waals surface area contributed by atoms with E-state index < -0.39 is 17.6 Å². The summed E-state index contributed by atoms with van der Waals surface area (Å²) in [5.74, 6) is 1.05. The molecule has 33 heavy (non-hydrogen) atoms. The third-order valence-electron chi connectivity index (χ3n) is 6.99. The lowest BCUT2D eigenvalue weighted by Crippen LogP contribution is -2.27. The fraction of sp³-hybridized carbons (Fsp3) is 0.708. The molecule has 0 aromatic carbocycles. The smallest absolute Gasteiger partial charge is 0.421 e. The van der Waals surface area contributed by atoms with Gasteiger partial charge in [-0.3, -0.25) is 4.68 Å². The van der Waals surface area contributed by atoms with Crippen molar-refractivity contribution in [3.05, 3.63) is 23.4 Å². The van der Waals surface area contributed by atoms with Crippen LogP contribution in [0.2, 0.25) is 0 Å². The molecule has 182 valence electrons. The van der Waals surface area contributed by atoms with E-state index in [4.69, 9.17) is 4.74 Å². The first-order chi connectivity index (χ1) is 15.4. The molecule has 2 aliphatic rings. The normalized spacial score (nSPS) is 23.8. The van der Waals surface area contributed by atoms with Crippen LogP contribution in [0.25, 0.3) is 11.4 Å². The Hall–Kier alpha value is -2.16. The molecule has 3 heterocycles. The number of aromatic nitrogens is 4. The van der Waals surface area contributed by atoms with E-state index >= 15 is 0 Å². The van der Waals surface area contributed by atoms with E-state index in [-0.39, 0.29) is 18.2 Å². The van der Waals surface area contributed by atoms with Crippen LogP contribution in [-0.2, 0) is 13.2 Å². The van der Waals surface area contributed by atoms with Crippen LogP contribution in [0.15, 0.2) is 12.3 Å². The van der Waals surface area contributed by atoms with Crippen LogP contribution in [0.4, 0.5) is 13.2 Å². The van der Waals surface area contributed by atoms with Crippen molar-refractivity contribution in [3.8, 4) is 17.3 Å². The molecule has 2 aromatic heterocycles. The van der Waals surface area contributed by atoms with Gasteiger partial charge in [0.15, 0.2) is 0 Å². The predicted molar refractivity (Wildman–Crippen MR) is 120 cm³/mol. The summed E-state index contributed by atoms with van der Waals surface area (Å²) in [4.78, 5) is 2.55. The van der Waals surface area contributed by atoms with E-state index in [1.54, 1.807) is 20.2 Å². The number of rotatable bonds is 6. The summed E-state index contributed by atoms with van der Waals surface area (Å²) < 4.78 is 48.5. The average Bonchev–Trinajstić information content (AvgIpc) is 3.36. The highest BCUT2D eigenvalue weighted by Crippen LogP contribution is 2.43. The number of nitrogens with zero attached hydrogens (tertiary/aromatic N) is 5. The first-order valence-electron chi connectivity index (χ1n) is 11.7. The van der Waals surface area contributed by atoms with Gasteiger partial charge in [-0.25, -0.2) is 0 Å². The Bertz CT molecular complexity index is 948. The second-order valence-corrected chi connectivity index (χ2v) is 11.0. The van der Waals surface area contributed by atoms with Crippen molar-refractivity contribution >= 4 is 0 Å². The first-order valence-corrected chi connectivity index (χ1v) is 11.7. The molecule has 9 heteroatoms. The Morgan fingerprint density at radius 3 is 2.30 bits per heavy atom. The minimum atomic E-state index is -4.58. The van der Waals surface area contributed by atoms with E-state index in [9.17, 15) is 13.2 Å². The summed E-state index contributed by atoms with van der Waals surface area (Å²) in [5, 5.41) is 11.9. The monoisotopic (exact) mass is 465 g/mol. The van der Waals surface area contributed by atoms with Crippen LogP contribution in [0, 0.1) is 30.1 Å². The number of ether oxygens (including phenoxy) is 1. The summed E-state index contributed by atoms with van der Waals surface area (Å²) in [5.41, 5.74) is 0.829. The van der Waals surface area contributed by atoms with Crippen LogP contribution >= 0.6 is 0 Å². The van der Waals surface area contributed by atoms with Gasteiger partial charge in [-0.05, 0) is 67.5 Å². The zero-order valence-corrected chi connectivity index (χ0v) is 20.1. The number of hydrogen-bond donors (Lipinski definition) is 0. The Kier molecular flexibility index (Phi) is 6.46. The molecule has 2 fully saturated rings. The fourth-order valence-electron chi connectivity index (χ4n) is 5.25. The molecule has 1 saturated heterocycles. The molecular weight excluding hydrogens is 431 g/mol. The maximum Gasteiger partial charge on any atom is 0.421 e. The van der Waals surface area contributed by atoms with Crippen molar-refractivity contribution < 1.29 is 17.9 Å². The molecule has 1 aliphatic heterocycles. The molecule has 0 bridgehead atoms. The summed E-state index contributed by atoms with van der Waals surface area (Å²) >= 11 is 0. The molecule has 6 nitrogen and oxygen atoms in total. The molecule has 0 spiro atoms. The van der Waals surface area contributed by atoms with Crippen molar-refractivity contribution in [1.29, 1.82) is 0 Å². The third kappa shape index (κ3) is 5.50. The highest BCUT2D eigenvalue weighted by atomic mass is 19.4. The lowest BCUT2D eigenvalue weighted by Gasteiger charge is -2.24. The van der Waals surface area contributed by atoms with E-state index in [0.717, 1.165) is 44.1 Å². The van der Waals surface area contributed by atoms with Crippen LogP contribution in [0.5, 0.6) is 5.88 Å².